The lowest BCUT2D eigenvalue weighted by Crippen LogP contribution is -2.46. The molecule has 0 unspecified atom stereocenters. The summed E-state index contributed by atoms with van der Waals surface area (Å²) in [6.45, 7) is 1.10. The summed E-state index contributed by atoms with van der Waals surface area (Å²) in [6.07, 6.45) is -3.82. The molecule has 1 aromatic heterocycles. The van der Waals surface area contributed by atoms with Crippen LogP contribution >= 0.6 is 0 Å². The van der Waals surface area contributed by atoms with Crippen LogP contribution in [-0.4, -0.2) is 25.0 Å². The number of halogens is 3. The summed E-state index contributed by atoms with van der Waals surface area (Å²) in [7, 11) is 0. The summed E-state index contributed by atoms with van der Waals surface area (Å²) in [6, 6.07) is 9.90. The molecule has 0 atom stereocenters. The molecule has 3 amide bonds. The lowest BCUT2D eigenvalue weighted by atomic mass is 10.1. The van der Waals surface area contributed by atoms with Crippen molar-refractivity contribution in [3.63, 3.8) is 0 Å². The highest BCUT2D eigenvalue weighted by Gasteiger charge is 2.30. The molecule has 3 aromatic rings. The minimum absolute atomic E-state index is 0.0602. The maximum Gasteiger partial charge on any atom is 0.416 e. The third-order valence-corrected chi connectivity index (χ3v) is 4.81. The number of alkyl halides is 3. The van der Waals surface area contributed by atoms with Crippen LogP contribution in [-0.2, 0) is 6.18 Å². The zero-order valence-corrected chi connectivity index (χ0v) is 16.0. The molecular weight excluding hydrogens is 415 g/mol. The lowest BCUT2D eigenvalue weighted by Gasteiger charge is -2.27. The number of nitrogens with one attached hydrogen (secondary N) is 2. The molecule has 1 aliphatic rings. The van der Waals surface area contributed by atoms with Gasteiger partial charge < -0.3 is 15.1 Å². The van der Waals surface area contributed by atoms with E-state index in [1.807, 2.05) is 0 Å². The SMILES string of the molecule is O=C(Nc1cccc(N2CCCNC2=O)c1)c1cc2cc(C(F)(F)F)ccc2c(=O)o1. The van der Waals surface area contributed by atoms with Gasteiger partial charge in [-0.1, -0.05) is 6.07 Å². The molecule has 1 saturated heterocycles. The van der Waals surface area contributed by atoms with E-state index in [4.69, 9.17) is 4.42 Å². The van der Waals surface area contributed by atoms with Crippen molar-refractivity contribution >= 4 is 34.1 Å². The molecule has 4 rings (SSSR count). The minimum Gasteiger partial charge on any atom is -0.417 e. The van der Waals surface area contributed by atoms with Crippen molar-refractivity contribution in [1.82, 2.24) is 5.32 Å². The summed E-state index contributed by atoms with van der Waals surface area (Å²) in [5, 5.41) is 5.13. The molecule has 2 N–H and O–H groups in total. The average molecular weight is 431 g/mol. The molecule has 31 heavy (non-hydrogen) atoms. The smallest absolute Gasteiger partial charge is 0.416 e. The Morgan fingerprint density at radius 3 is 2.65 bits per heavy atom. The minimum atomic E-state index is -4.59. The molecule has 0 aliphatic carbocycles. The van der Waals surface area contributed by atoms with Crippen molar-refractivity contribution in [2.45, 2.75) is 12.6 Å². The van der Waals surface area contributed by atoms with Crippen LogP contribution in [0.25, 0.3) is 10.8 Å². The average Bonchev–Trinajstić information content (AvgIpc) is 2.73. The first kappa shape index (κ1) is 20.5. The standard InChI is InChI=1S/C21H16F3N3O4/c22-21(23,24)13-5-6-16-12(9-13)10-17(31-19(16)29)18(28)26-14-3-1-4-15(11-14)27-8-2-7-25-20(27)30/h1,3-6,9-11H,2,7-8H2,(H,25,30)(H,26,28). The predicted octanol–water partition coefficient (Wildman–Crippen LogP) is 3.98. The predicted molar refractivity (Wildman–Crippen MR) is 107 cm³/mol. The maximum absolute atomic E-state index is 13.0. The molecule has 2 aromatic carbocycles. The Kier molecular flexibility index (Phi) is 5.14. The fraction of sp³-hybridized carbons (Fsp3) is 0.190. The Balaban J connectivity index is 1.62. The van der Waals surface area contributed by atoms with E-state index >= 15 is 0 Å². The second kappa shape index (κ2) is 7.78. The van der Waals surface area contributed by atoms with E-state index in [0.717, 1.165) is 30.7 Å². The summed E-state index contributed by atoms with van der Waals surface area (Å²) in [5.41, 5.74) is -0.975. The number of benzene rings is 2. The zero-order chi connectivity index (χ0) is 22.2. The van der Waals surface area contributed by atoms with E-state index in [2.05, 4.69) is 10.6 Å². The first-order valence-electron chi connectivity index (χ1n) is 9.34. The number of hydrogen-bond acceptors (Lipinski definition) is 4. The van der Waals surface area contributed by atoms with Crippen molar-refractivity contribution in [3.8, 4) is 0 Å². The number of rotatable bonds is 3. The molecule has 1 fully saturated rings. The second-order valence-electron chi connectivity index (χ2n) is 6.94. The summed E-state index contributed by atoms with van der Waals surface area (Å²) < 4.78 is 43.9. The topological polar surface area (TPSA) is 91.7 Å². The first-order chi connectivity index (χ1) is 14.7. The van der Waals surface area contributed by atoms with E-state index in [1.54, 1.807) is 24.3 Å². The largest absolute Gasteiger partial charge is 0.417 e. The number of fused-ring (bicyclic) bond motifs is 1. The molecule has 0 saturated carbocycles. The van der Waals surface area contributed by atoms with Gasteiger partial charge in [-0.25, -0.2) is 9.59 Å². The van der Waals surface area contributed by atoms with Gasteiger partial charge in [0.1, 0.15) is 0 Å². The van der Waals surface area contributed by atoms with Gasteiger partial charge in [-0.05, 0) is 54.3 Å². The van der Waals surface area contributed by atoms with Crippen LogP contribution in [0.3, 0.4) is 0 Å². The van der Waals surface area contributed by atoms with Gasteiger partial charge >= 0.3 is 17.8 Å². The molecular formula is C21H16F3N3O4. The van der Waals surface area contributed by atoms with Crippen LogP contribution in [0.4, 0.5) is 29.3 Å². The van der Waals surface area contributed by atoms with Gasteiger partial charge in [0.05, 0.1) is 10.9 Å². The van der Waals surface area contributed by atoms with Gasteiger partial charge in [0.25, 0.3) is 5.91 Å². The molecule has 0 bridgehead atoms. The fourth-order valence-corrected chi connectivity index (χ4v) is 3.30. The van der Waals surface area contributed by atoms with Crippen molar-refractivity contribution in [1.29, 1.82) is 0 Å². The normalized spacial score (nSPS) is 14.4. The van der Waals surface area contributed by atoms with E-state index in [1.165, 1.54) is 4.90 Å². The van der Waals surface area contributed by atoms with Gasteiger partial charge in [0.15, 0.2) is 5.76 Å². The summed E-state index contributed by atoms with van der Waals surface area (Å²) in [4.78, 5) is 38.2. The van der Waals surface area contributed by atoms with Crippen LogP contribution < -0.4 is 21.2 Å². The number of hydrogen-bond donors (Lipinski definition) is 2. The number of carbonyl (C=O) groups excluding carboxylic acids is 2. The lowest BCUT2D eigenvalue weighted by molar-refractivity contribution is -0.137. The molecule has 7 nitrogen and oxygen atoms in total. The number of amides is 3. The monoisotopic (exact) mass is 431 g/mol. The van der Waals surface area contributed by atoms with Crippen LogP contribution in [0.15, 0.2) is 57.7 Å². The third kappa shape index (κ3) is 4.23. The Morgan fingerprint density at radius 1 is 1.10 bits per heavy atom. The van der Waals surface area contributed by atoms with Crippen molar-refractivity contribution in [2.24, 2.45) is 0 Å². The number of urea groups is 1. The van der Waals surface area contributed by atoms with E-state index in [9.17, 15) is 27.6 Å². The number of carbonyl (C=O) groups is 2. The molecule has 0 spiro atoms. The number of anilines is 2. The van der Waals surface area contributed by atoms with Crippen molar-refractivity contribution < 1.29 is 27.2 Å². The van der Waals surface area contributed by atoms with Crippen molar-refractivity contribution in [2.75, 3.05) is 23.3 Å². The van der Waals surface area contributed by atoms with E-state index in [0.29, 0.717) is 24.5 Å². The highest BCUT2D eigenvalue weighted by atomic mass is 19.4. The van der Waals surface area contributed by atoms with Crippen LogP contribution in [0.1, 0.15) is 22.5 Å². The van der Waals surface area contributed by atoms with Crippen LogP contribution in [0.2, 0.25) is 0 Å². The van der Waals surface area contributed by atoms with Gasteiger partial charge in [-0.15, -0.1) is 0 Å². The molecule has 10 heteroatoms. The Morgan fingerprint density at radius 2 is 1.90 bits per heavy atom. The molecule has 2 heterocycles. The van der Waals surface area contributed by atoms with Crippen LogP contribution in [0.5, 0.6) is 0 Å². The highest BCUT2D eigenvalue weighted by Crippen LogP contribution is 2.31. The second-order valence-corrected chi connectivity index (χ2v) is 6.94. The number of nitrogens with zero attached hydrogens (tertiary/aromatic N) is 1. The molecule has 1 aliphatic heterocycles. The first-order valence-corrected chi connectivity index (χ1v) is 9.34. The van der Waals surface area contributed by atoms with E-state index in [-0.39, 0.29) is 16.8 Å². The van der Waals surface area contributed by atoms with Gasteiger partial charge in [0.2, 0.25) is 0 Å². The Bertz CT molecular complexity index is 1240. The quantitative estimate of drug-likeness (QED) is 0.656. The Hall–Kier alpha value is -3.82. The summed E-state index contributed by atoms with van der Waals surface area (Å²) >= 11 is 0. The fourth-order valence-electron chi connectivity index (χ4n) is 3.30. The van der Waals surface area contributed by atoms with Gasteiger partial charge in [0, 0.05) is 24.5 Å². The van der Waals surface area contributed by atoms with E-state index < -0.39 is 29.0 Å². The molecule has 0 radical (unpaired) electrons. The molecule has 160 valence electrons. The zero-order valence-electron chi connectivity index (χ0n) is 16.0. The summed E-state index contributed by atoms with van der Waals surface area (Å²) in [5.74, 6) is -1.24. The van der Waals surface area contributed by atoms with Crippen molar-refractivity contribution in [3.05, 3.63) is 70.3 Å². The van der Waals surface area contributed by atoms with Gasteiger partial charge in [-0.2, -0.15) is 13.2 Å². The highest BCUT2D eigenvalue weighted by molar-refractivity contribution is 6.04. The van der Waals surface area contributed by atoms with Gasteiger partial charge in [-0.3, -0.25) is 9.69 Å². The van der Waals surface area contributed by atoms with Crippen LogP contribution in [0, 0.1) is 0 Å². The third-order valence-electron chi connectivity index (χ3n) is 4.81. The Labute approximate surface area is 173 Å². The maximum atomic E-state index is 13.0.